The number of rotatable bonds is 7. The molecule has 0 radical (unpaired) electrons. The van der Waals surface area contributed by atoms with E-state index in [1.165, 1.54) is 17.0 Å². The van der Waals surface area contributed by atoms with E-state index >= 15 is 0 Å². The molecular weight excluding hydrogens is 391 g/mol. The Morgan fingerprint density at radius 3 is 2.86 bits per heavy atom. The maximum absolute atomic E-state index is 13.5. The summed E-state index contributed by atoms with van der Waals surface area (Å²) in [6, 6.07) is 8.04. The maximum Gasteiger partial charge on any atom is 0.242 e. The van der Waals surface area contributed by atoms with Gasteiger partial charge in [-0.05, 0) is 48.4 Å². The number of benzene rings is 1. The SMILES string of the molecule is CCC(=O)N(CC(=O)N1CCc2sccc2[C@@H]1COc1cccc(F)c1)C1CC1. The number of halogens is 1. The van der Waals surface area contributed by atoms with E-state index < -0.39 is 0 Å². The maximum atomic E-state index is 13.5. The number of hydrogen-bond donors (Lipinski definition) is 0. The molecule has 0 unspecified atom stereocenters. The van der Waals surface area contributed by atoms with Gasteiger partial charge in [0.25, 0.3) is 0 Å². The molecule has 1 aromatic carbocycles. The number of carbonyl (C=O) groups excluding carboxylic acids is 2. The molecular formula is C22H25FN2O3S. The van der Waals surface area contributed by atoms with E-state index in [9.17, 15) is 14.0 Å². The summed E-state index contributed by atoms with van der Waals surface area (Å²) in [5.41, 5.74) is 1.09. The Labute approximate surface area is 174 Å². The zero-order chi connectivity index (χ0) is 20.4. The third-order valence-corrected chi connectivity index (χ3v) is 6.53. The summed E-state index contributed by atoms with van der Waals surface area (Å²) in [7, 11) is 0. The molecule has 1 aliphatic heterocycles. The highest BCUT2D eigenvalue weighted by molar-refractivity contribution is 7.10. The first-order valence-corrected chi connectivity index (χ1v) is 11.0. The molecule has 0 bridgehead atoms. The summed E-state index contributed by atoms with van der Waals surface area (Å²) in [6.45, 7) is 2.80. The third kappa shape index (κ3) is 4.45. The first kappa shape index (κ1) is 19.9. The second kappa shape index (κ2) is 8.53. The molecule has 1 atom stereocenters. The van der Waals surface area contributed by atoms with Crippen molar-refractivity contribution < 1.29 is 18.7 Å². The van der Waals surface area contributed by atoms with Crippen LogP contribution in [0.1, 0.15) is 42.7 Å². The van der Waals surface area contributed by atoms with E-state index in [1.807, 2.05) is 23.3 Å². The fourth-order valence-electron chi connectivity index (χ4n) is 3.85. The predicted octanol–water partition coefficient (Wildman–Crippen LogP) is 3.79. The molecule has 2 aromatic rings. The van der Waals surface area contributed by atoms with Crippen LogP contribution >= 0.6 is 11.3 Å². The van der Waals surface area contributed by atoms with Crippen LogP contribution < -0.4 is 4.74 Å². The number of carbonyl (C=O) groups is 2. The summed E-state index contributed by atoms with van der Waals surface area (Å²) in [4.78, 5) is 30.3. The van der Waals surface area contributed by atoms with E-state index in [4.69, 9.17) is 4.74 Å². The van der Waals surface area contributed by atoms with Gasteiger partial charge in [-0.3, -0.25) is 9.59 Å². The van der Waals surface area contributed by atoms with Crippen molar-refractivity contribution in [2.24, 2.45) is 0 Å². The molecule has 2 aliphatic rings. The number of thiophene rings is 1. The second-order valence-corrected chi connectivity index (χ2v) is 8.53. The van der Waals surface area contributed by atoms with Gasteiger partial charge in [0, 0.05) is 30.0 Å². The van der Waals surface area contributed by atoms with Gasteiger partial charge in [-0.1, -0.05) is 13.0 Å². The standard InChI is InChI=1S/C22H25FN2O3S/c1-2-21(26)25(16-6-7-16)13-22(27)24-10-8-20-18(9-11-29-20)19(24)14-28-17-5-3-4-15(23)12-17/h3-5,9,11-12,16,19H,2,6-8,10,13-14H2,1H3/t19-/m0/s1. The van der Waals surface area contributed by atoms with Crippen LogP contribution in [0.25, 0.3) is 0 Å². The van der Waals surface area contributed by atoms with Gasteiger partial charge in [-0.15, -0.1) is 11.3 Å². The molecule has 7 heteroatoms. The number of amides is 2. The Kier molecular flexibility index (Phi) is 5.85. The minimum atomic E-state index is -0.353. The number of nitrogens with zero attached hydrogens (tertiary/aromatic N) is 2. The van der Waals surface area contributed by atoms with Crippen molar-refractivity contribution in [1.29, 1.82) is 0 Å². The lowest BCUT2D eigenvalue weighted by atomic mass is 10.0. The molecule has 0 spiro atoms. The number of fused-ring (bicyclic) bond motifs is 1. The predicted molar refractivity (Wildman–Crippen MR) is 109 cm³/mol. The van der Waals surface area contributed by atoms with Gasteiger partial charge in [-0.2, -0.15) is 0 Å². The Morgan fingerprint density at radius 1 is 1.31 bits per heavy atom. The van der Waals surface area contributed by atoms with Crippen LogP contribution in [0.3, 0.4) is 0 Å². The lowest BCUT2D eigenvalue weighted by Gasteiger charge is -2.37. The Morgan fingerprint density at radius 2 is 2.14 bits per heavy atom. The molecule has 2 amide bonds. The van der Waals surface area contributed by atoms with E-state index in [1.54, 1.807) is 28.4 Å². The Bertz CT molecular complexity index is 896. The van der Waals surface area contributed by atoms with Crippen molar-refractivity contribution >= 4 is 23.2 Å². The van der Waals surface area contributed by atoms with Crippen LogP contribution in [-0.4, -0.2) is 47.4 Å². The third-order valence-electron chi connectivity index (χ3n) is 5.54. The van der Waals surface area contributed by atoms with E-state index in [0.717, 1.165) is 24.8 Å². The van der Waals surface area contributed by atoms with Gasteiger partial charge in [0.15, 0.2) is 0 Å². The van der Waals surface area contributed by atoms with Gasteiger partial charge >= 0.3 is 0 Å². The fraction of sp³-hybridized carbons (Fsp3) is 0.455. The number of ether oxygens (including phenoxy) is 1. The number of hydrogen-bond acceptors (Lipinski definition) is 4. The van der Waals surface area contributed by atoms with Gasteiger partial charge in [-0.25, -0.2) is 4.39 Å². The quantitative estimate of drug-likeness (QED) is 0.690. The Balaban J connectivity index is 1.51. The zero-order valence-electron chi connectivity index (χ0n) is 16.5. The van der Waals surface area contributed by atoms with Crippen molar-refractivity contribution in [3.63, 3.8) is 0 Å². The van der Waals surface area contributed by atoms with E-state index in [-0.39, 0.29) is 42.9 Å². The largest absolute Gasteiger partial charge is 0.491 e. The topological polar surface area (TPSA) is 49.9 Å². The molecule has 1 saturated carbocycles. The molecule has 1 aliphatic carbocycles. The van der Waals surface area contributed by atoms with E-state index in [0.29, 0.717) is 18.7 Å². The van der Waals surface area contributed by atoms with Crippen LogP contribution in [0.15, 0.2) is 35.7 Å². The lowest BCUT2D eigenvalue weighted by Crippen LogP contribution is -2.48. The van der Waals surface area contributed by atoms with Crippen LogP contribution in [0.5, 0.6) is 5.75 Å². The van der Waals surface area contributed by atoms with Gasteiger partial charge in [0.2, 0.25) is 11.8 Å². The van der Waals surface area contributed by atoms with Crippen molar-refractivity contribution in [3.8, 4) is 5.75 Å². The molecule has 1 fully saturated rings. The summed E-state index contributed by atoms with van der Waals surface area (Å²) >= 11 is 1.69. The summed E-state index contributed by atoms with van der Waals surface area (Å²) in [5.74, 6) is 0.0685. The van der Waals surface area contributed by atoms with Crippen molar-refractivity contribution in [1.82, 2.24) is 9.80 Å². The highest BCUT2D eigenvalue weighted by Crippen LogP contribution is 2.35. The van der Waals surface area contributed by atoms with Crippen molar-refractivity contribution in [3.05, 3.63) is 52.0 Å². The average Bonchev–Trinajstić information content (AvgIpc) is 3.45. The van der Waals surface area contributed by atoms with Crippen LogP contribution in [0.4, 0.5) is 4.39 Å². The minimum absolute atomic E-state index is 0.0293. The normalized spacial score (nSPS) is 18.3. The fourth-order valence-corrected chi connectivity index (χ4v) is 4.78. The summed E-state index contributed by atoms with van der Waals surface area (Å²) < 4.78 is 19.3. The zero-order valence-corrected chi connectivity index (χ0v) is 17.3. The average molecular weight is 417 g/mol. The van der Waals surface area contributed by atoms with Gasteiger partial charge < -0.3 is 14.5 Å². The first-order valence-electron chi connectivity index (χ1n) is 10.1. The molecule has 5 nitrogen and oxygen atoms in total. The molecule has 0 saturated heterocycles. The van der Waals surface area contributed by atoms with Crippen LogP contribution in [0, 0.1) is 5.82 Å². The van der Waals surface area contributed by atoms with Gasteiger partial charge in [0.1, 0.15) is 24.7 Å². The summed E-state index contributed by atoms with van der Waals surface area (Å²) in [5, 5.41) is 2.03. The minimum Gasteiger partial charge on any atom is -0.491 e. The van der Waals surface area contributed by atoms with Crippen molar-refractivity contribution in [2.75, 3.05) is 19.7 Å². The Hall–Kier alpha value is -2.41. The van der Waals surface area contributed by atoms with Crippen LogP contribution in [0.2, 0.25) is 0 Å². The highest BCUT2D eigenvalue weighted by Gasteiger charge is 2.37. The summed E-state index contributed by atoms with van der Waals surface area (Å²) in [6.07, 6.45) is 3.16. The molecule has 0 N–H and O–H groups in total. The molecule has 29 heavy (non-hydrogen) atoms. The van der Waals surface area contributed by atoms with E-state index in [2.05, 4.69) is 0 Å². The van der Waals surface area contributed by atoms with Crippen molar-refractivity contribution in [2.45, 2.75) is 44.7 Å². The van der Waals surface area contributed by atoms with Gasteiger partial charge in [0.05, 0.1) is 6.04 Å². The monoisotopic (exact) mass is 416 g/mol. The lowest BCUT2D eigenvalue weighted by molar-refractivity contribution is -0.143. The molecule has 154 valence electrons. The van der Waals surface area contributed by atoms with Crippen LogP contribution in [-0.2, 0) is 16.0 Å². The molecule has 4 rings (SSSR count). The highest BCUT2D eigenvalue weighted by atomic mass is 32.1. The first-order chi connectivity index (χ1) is 14.1. The molecule has 1 aromatic heterocycles. The second-order valence-electron chi connectivity index (χ2n) is 7.53. The smallest absolute Gasteiger partial charge is 0.242 e. The molecule has 2 heterocycles.